The molecule has 0 atom stereocenters. The number of thiophene rings is 1. The molecule has 7 aromatic carbocycles. The Morgan fingerprint density at radius 3 is 1.94 bits per heavy atom. The molecule has 0 aliphatic carbocycles. The molecule has 0 N–H and O–H groups in total. The Hall–Kier alpha value is -6.17. The molecule has 4 nitrogen and oxygen atoms in total. The van der Waals surface area contributed by atoms with E-state index in [9.17, 15) is 0 Å². The molecule has 224 valence electrons. The van der Waals surface area contributed by atoms with Crippen molar-refractivity contribution in [2.24, 2.45) is 0 Å². The Morgan fingerprint density at radius 2 is 1.06 bits per heavy atom. The monoisotopic (exact) mass is 631 g/mol. The molecule has 0 saturated heterocycles. The van der Waals surface area contributed by atoms with Gasteiger partial charge >= 0.3 is 0 Å². The summed E-state index contributed by atoms with van der Waals surface area (Å²) in [5.74, 6) is 1.94. The lowest BCUT2D eigenvalue weighted by Gasteiger charge is -2.10. The average Bonchev–Trinajstić information content (AvgIpc) is 3.72. The molecular weight excluding hydrogens is 607 g/mol. The topological polar surface area (TPSA) is 51.8 Å². The summed E-state index contributed by atoms with van der Waals surface area (Å²) in [4.78, 5) is 15.4. The highest BCUT2D eigenvalue weighted by Gasteiger charge is 2.17. The maximum atomic E-state index is 6.17. The Kier molecular flexibility index (Phi) is 6.01. The van der Waals surface area contributed by atoms with E-state index in [-0.39, 0.29) is 0 Å². The number of furan rings is 1. The summed E-state index contributed by atoms with van der Waals surface area (Å²) in [6, 6.07) is 52.8. The van der Waals surface area contributed by atoms with Crippen LogP contribution in [0.5, 0.6) is 0 Å². The minimum Gasteiger partial charge on any atom is -0.456 e. The summed E-state index contributed by atoms with van der Waals surface area (Å²) in [6.07, 6.45) is 0. The Morgan fingerprint density at radius 1 is 0.396 bits per heavy atom. The Balaban J connectivity index is 1.17. The third kappa shape index (κ3) is 4.40. The van der Waals surface area contributed by atoms with Gasteiger partial charge in [-0.05, 0) is 58.3 Å². The van der Waals surface area contributed by atoms with Crippen molar-refractivity contribution in [3.05, 3.63) is 152 Å². The fourth-order valence-electron chi connectivity index (χ4n) is 6.73. The van der Waals surface area contributed by atoms with Gasteiger partial charge in [-0.15, -0.1) is 11.3 Å². The summed E-state index contributed by atoms with van der Waals surface area (Å²) in [5.41, 5.74) is 6.98. The SMILES string of the molecule is c1ccc(-c2ccc(-c3nc(-c4ccc5cc6oc7ccccc7c6cc5c4)nc(-c4cccc5c4sc4ccccc45)n3)cc2)cc1. The van der Waals surface area contributed by atoms with Crippen molar-refractivity contribution < 1.29 is 4.42 Å². The molecule has 10 rings (SSSR count). The van der Waals surface area contributed by atoms with Crippen LogP contribution in [0.25, 0.3) is 98.2 Å². The van der Waals surface area contributed by atoms with E-state index in [1.807, 2.05) is 18.2 Å². The zero-order valence-electron chi connectivity index (χ0n) is 25.6. The minimum atomic E-state index is 0.638. The van der Waals surface area contributed by atoms with Gasteiger partial charge in [-0.25, -0.2) is 15.0 Å². The van der Waals surface area contributed by atoms with Crippen LogP contribution in [0.1, 0.15) is 0 Å². The van der Waals surface area contributed by atoms with Crippen LogP contribution in [0.2, 0.25) is 0 Å². The lowest BCUT2D eigenvalue weighted by atomic mass is 10.0. The van der Waals surface area contributed by atoms with E-state index >= 15 is 0 Å². The van der Waals surface area contributed by atoms with E-state index in [0.717, 1.165) is 55.0 Å². The Bertz CT molecular complexity index is 2830. The van der Waals surface area contributed by atoms with Crippen molar-refractivity contribution in [2.75, 3.05) is 0 Å². The highest BCUT2D eigenvalue weighted by atomic mass is 32.1. The maximum absolute atomic E-state index is 6.17. The van der Waals surface area contributed by atoms with Gasteiger partial charge in [0.25, 0.3) is 0 Å². The van der Waals surface area contributed by atoms with E-state index < -0.39 is 0 Å². The molecule has 5 heteroatoms. The van der Waals surface area contributed by atoms with Crippen LogP contribution in [0, 0.1) is 0 Å². The molecule has 0 amide bonds. The van der Waals surface area contributed by atoms with E-state index in [1.54, 1.807) is 11.3 Å². The third-order valence-electron chi connectivity index (χ3n) is 9.12. The first kappa shape index (κ1) is 27.0. The zero-order chi connectivity index (χ0) is 31.6. The summed E-state index contributed by atoms with van der Waals surface area (Å²) in [6.45, 7) is 0. The molecule has 0 aliphatic heterocycles. The molecule has 0 saturated carbocycles. The first-order valence-electron chi connectivity index (χ1n) is 15.9. The van der Waals surface area contributed by atoms with Gasteiger partial charge in [0, 0.05) is 47.6 Å². The summed E-state index contributed by atoms with van der Waals surface area (Å²) in [7, 11) is 0. The second kappa shape index (κ2) is 10.7. The van der Waals surface area contributed by atoms with Gasteiger partial charge in [0.2, 0.25) is 0 Å². The lowest BCUT2D eigenvalue weighted by Crippen LogP contribution is -2.00. The van der Waals surface area contributed by atoms with Crippen molar-refractivity contribution in [1.82, 2.24) is 15.0 Å². The molecule has 0 unspecified atom stereocenters. The third-order valence-corrected chi connectivity index (χ3v) is 10.3. The second-order valence-electron chi connectivity index (χ2n) is 12.0. The molecule has 0 bridgehead atoms. The van der Waals surface area contributed by atoms with Crippen molar-refractivity contribution in [1.29, 1.82) is 0 Å². The molecule has 48 heavy (non-hydrogen) atoms. The fraction of sp³-hybridized carbons (Fsp3) is 0. The average molecular weight is 632 g/mol. The lowest BCUT2D eigenvalue weighted by molar-refractivity contribution is 0.669. The van der Waals surface area contributed by atoms with Crippen LogP contribution in [-0.4, -0.2) is 15.0 Å². The molecule has 0 aliphatic rings. The quantitative estimate of drug-likeness (QED) is 0.194. The van der Waals surface area contributed by atoms with E-state index in [0.29, 0.717) is 17.5 Å². The van der Waals surface area contributed by atoms with E-state index in [1.165, 1.54) is 25.7 Å². The van der Waals surface area contributed by atoms with Gasteiger partial charge in [0.05, 0.1) is 0 Å². The van der Waals surface area contributed by atoms with Gasteiger partial charge in [-0.2, -0.15) is 0 Å². The molecule has 3 aromatic heterocycles. The number of fused-ring (bicyclic) bond motifs is 7. The van der Waals surface area contributed by atoms with Gasteiger partial charge in [-0.3, -0.25) is 0 Å². The number of para-hydroxylation sites is 1. The van der Waals surface area contributed by atoms with Crippen molar-refractivity contribution >= 4 is 64.2 Å². The largest absolute Gasteiger partial charge is 0.456 e. The molecule has 0 radical (unpaired) electrons. The zero-order valence-corrected chi connectivity index (χ0v) is 26.4. The highest BCUT2D eigenvalue weighted by Crippen LogP contribution is 2.40. The minimum absolute atomic E-state index is 0.638. The number of aromatic nitrogens is 3. The molecular formula is C43H25N3OS. The van der Waals surface area contributed by atoms with Crippen LogP contribution in [0.3, 0.4) is 0 Å². The summed E-state index contributed by atoms with van der Waals surface area (Å²) < 4.78 is 8.59. The van der Waals surface area contributed by atoms with Gasteiger partial charge in [0.15, 0.2) is 17.5 Å². The van der Waals surface area contributed by atoms with Crippen LogP contribution < -0.4 is 0 Å². The molecule has 3 heterocycles. The number of hydrogen-bond acceptors (Lipinski definition) is 5. The van der Waals surface area contributed by atoms with Crippen LogP contribution >= 0.6 is 11.3 Å². The number of nitrogens with zero attached hydrogens (tertiary/aromatic N) is 3. The Labute approximate surface area is 279 Å². The van der Waals surface area contributed by atoms with Crippen molar-refractivity contribution in [3.63, 3.8) is 0 Å². The van der Waals surface area contributed by atoms with E-state index in [4.69, 9.17) is 19.4 Å². The first-order valence-corrected chi connectivity index (χ1v) is 16.7. The van der Waals surface area contributed by atoms with Crippen LogP contribution in [-0.2, 0) is 0 Å². The molecule has 0 fully saturated rings. The number of benzene rings is 7. The van der Waals surface area contributed by atoms with Crippen molar-refractivity contribution in [2.45, 2.75) is 0 Å². The standard InChI is InChI=1S/C43H25N3OS/c1-2-9-26(10-3-1)27-17-19-28(20-18-27)41-44-42(46-43(45-41)35-14-8-13-34-33-12-5-7-16-39(33)48-40(34)35)30-22-21-29-25-38-36(24-31(29)23-30)32-11-4-6-15-37(32)47-38/h1-25H. The first-order chi connectivity index (χ1) is 23.7. The van der Waals surface area contributed by atoms with Gasteiger partial charge in [-0.1, -0.05) is 115 Å². The maximum Gasteiger partial charge on any atom is 0.165 e. The second-order valence-corrected chi connectivity index (χ2v) is 13.1. The van der Waals surface area contributed by atoms with E-state index in [2.05, 4.69) is 133 Å². The van der Waals surface area contributed by atoms with Gasteiger partial charge in [0.1, 0.15) is 11.2 Å². The van der Waals surface area contributed by atoms with Crippen LogP contribution in [0.4, 0.5) is 0 Å². The number of hydrogen-bond donors (Lipinski definition) is 0. The van der Waals surface area contributed by atoms with Crippen molar-refractivity contribution in [3.8, 4) is 45.3 Å². The summed E-state index contributed by atoms with van der Waals surface area (Å²) in [5, 5.41) is 6.88. The summed E-state index contributed by atoms with van der Waals surface area (Å²) >= 11 is 1.78. The van der Waals surface area contributed by atoms with Crippen LogP contribution in [0.15, 0.2) is 156 Å². The smallest absolute Gasteiger partial charge is 0.165 e. The highest BCUT2D eigenvalue weighted by molar-refractivity contribution is 7.26. The fourth-order valence-corrected chi connectivity index (χ4v) is 7.94. The molecule has 0 spiro atoms. The molecule has 10 aromatic rings. The predicted molar refractivity (Wildman–Crippen MR) is 199 cm³/mol. The predicted octanol–water partition coefficient (Wildman–Crippen LogP) is 12.0. The normalized spacial score (nSPS) is 11.8. The number of rotatable bonds is 4. The van der Waals surface area contributed by atoms with Gasteiger partial charge < -0.3 is 4.42 Å².